The fourth-order valence-electron chi connectivity index (χ4n) is 2.25. The molecule has 8 heteroatoms. The van der Waals surface area contributed by atoms with Crippen LogP contribution in [0.1, 0.15) is 46.5 Å². The van der Waals surface area contributed by atoms with E-state index in [-0.39, 0.29) is 17.9 Å². The number of nitrogens with zero attached hydrogens (tertiary/aromatic N) is 1. The van der Waals surface area contributed by atoms with Gasteiger partial charge in [0.25, 0.3) is 0 Å². The summed E-state index contributed by atoms with van der Waals surface area (Å²) in [5.74, 6) is 7.24. The van der Waals surface area contributed by atoms with Crippen LogP contribution in [-0.4, -0.2) is 81.7 Å². The predicted molar refractivity (Wildman–Crippen MR) is 130 cm³/mol. The number of nitrogens with one attached hydrogen (secondary N) is 3. The van der Waals surface area contributed by atoms with Gasteiger partial charge in [0.2, 0.25) is 11.8 Å². The molecular weight excluding hydrogens is 404 g/mol. The maximum atomic E-state index is 12.2. The number of carbonyl (C=O) groups excluding carboxylic acids is 2. The normalized spacial score (nSPS) is 11.4. The Morgan fingerprint density at radius 1 is 1.03 bits per heavy atom. The first-order chi connectivity index (χ1) is 13.8. The van der Waals surface area contributed by atoms with Crippen LogP contribution in [0.5, 0.6) is 0 Å². The molecule has 0 aliphatic carbocycles. The van der Waals surface area contributed by atoms with Gasteiger partial charge >= 0.3 is 0 Å². The number of hydrogen-bond acceptors (Lipinski definition) is 5. The number of rotatable bonds is 15. The molecule has 6 nitrogen and oxygen atoms in total. The average molecular weight is 448 g/mol. The van der Waals surface area contributed by atoms with Gasteiger partial charge in [-0.25, -0.2) is 0 Å². The van der Waals surface area contributed by atoms with E-state index < -0.39 is 0 Å². The van der Waals surface area contributed by atoms with E-state index in [4.69, 9.17) is 0 Å². The second kappa shape index (κ2) is 20.4. The minimum Gasteiger partial charge on any atom is -0.354 e. The van der Waals surface area contributed by atoms with Gasteiger partial charge in [-0.1, -0.05) is 41.4 Å². The highest BCUT2D eigenvalue weighted by atomic mass is 33.1. The zero-order valence-corrected chi connectivity index (χ0v) is 21.2. The monoisotopic (exact) mass is 447 g/mol. The minimum atomic E-state index is -0.120. The van der Waals surface area contributed by atoms with E-state index in [1.54, 1.807) is 28.5 Å². The molecule has 0 spiro atoms. The van der Waals surface area contributed by atoms with Crippen LogP contribution >= 0.6 is 21.6 Å². The first-order valence-electron chi connectivity index (χ1n) is 10.5. The SMILES string of the molecule is CC.CC#CCNC(=O)CCSSCCNC(=O)C(CCCC[N+](C)(C)C)NC. The van der Waals surface area contributed by atoms with E-state index in [9.17, 15) is 9.59 Å². The molecule has 0 aromatic heterocycles. The van der Waals surface area contributed by atoms with Crippen molar-refractivity contribution in [3.63, 3.8) is 0 Å². The molecule has 0 radical (unpaired) electrons. The van der Waals surface area contributed by atoms with E-state index in [2.05, 4.69) is 48.9 Å². The van der Waals surface area contributed by atoms with Gasteiger partial charge in [0.05, 0.1) is 40.3 Å². The molecule has 0 aromatic rings. The number of amides is 2. The van der Waals surface area contributed by atoms with E-state index in [0.717, 1.165) is 41.8 Å². The molecule has 0 aliphatic heterocycles. The Hall–Kier alpha value is -0.880. The van der Waals surface area contributed by atoms with Crippen LogP contribution < -0.4 is 16.0 Å². The van der Waals surface area contributed by atoms with Crippen molar-refractivity contribution in [3.05, 3.63) is 0 Å². The number of unbranched alkanes of at least 4 members (excludes halogenated alkanes) is 1. The molecule has 0 rings (SSSR count). The molecule has 0 aliphatic rings. The van der Waals surface area contributed by atoms with Gasteiger partial charge in [0.15, 0.2) is 0 Å². The summed E-state index contributed by atoms with van der Waals surface area (Å²) in [4.78, 5) is 23.7. The van der Waals surface area contributed by atoms with Crippen LogP contribution in [0, 0.1) is 11.8 Å². The number of likely N-dealkylation sites (N-methyl/N-ethyl adjacent to an activating group) is 1. The van der Waals surface area contributed by atoms with E-state index in [0.29, 0.717) is 19.5 Å². The highest BCUT2D eigenvalue weighted by molar-refractivity contribution is 8.76. The van der Waals surface area contributed by atoms with Crippen LogP contribution in [0.3, 0.4) is 0 Å². The smallest absolute Gasteiger partial charge is 0.237 e. The maximum Gasteiger partial charge on any atom is 0.237 e. The third-order valence-corrected chi connectivity index (χ3v) is 6.18. The van der Waals surface area contributed by atoms with Crippen molar-refractivity contribution in [3.8, 4) is 11.8 Å². The topological polar surface area (TPSA) is 70.2 Å². The zero-order chi connectivity index (χ0) is 22.5. The molecule has 3 N–H and O–H groups in total. The zero-order valence-electron chi connectivity index (χ0n) is 19.5. The lowest BCUT2D eigenvalue weighted by molar-refractivity contribution is -0.870. The second-order valence-corrected chi connectivity index (χ2v) is 9.94. The molecule has 0 fully saturated rings. The molecule has 0 saturated heterocycles. The molecule has 1 atom stereocenters. The summed E-state index contributed by atoms with van der Waals surface area (Å²) in [5, 5.41) is 8.85. The van der Waals surface area contributed by atoms with Gasteiger partial charge in [-0.2, -0.15) is 0 Å². The number of hydrogen-bond donors (Lipinski definition) is 3. The Balaban J connectivity index is 0. The quantitative estimate of drug-likeness (QED) is 0.156. The summed E-state index contributed by atoms with van der Waals surface area (Å²) in [6.45, 7) is 7.94. The molecular formula is C21H43N4O2S2+. The summed E-state index contributed by atoms with van der Waals surface area (Å²) in [5.41, 5.74) is 0. The van der Waals surface area contributed by atoms with Gasteiger partial charge < -0.3 is 20.4 Å². The lowest BCUT2D eigenvalue weighted by Crippen LogP contribution is -2.43. The van der Waals surface area contributed by atoms with Gasteiger partial charge in [-0.3, -0.25) is 9.59 Å². The molecule has 2 amide bonds. The summed E-state index contributed by atoms with van der Waals surface area (Å²) in [6.07, 6.45) is 3.53. The predicted octanol–water partition coefficient (Wildman–Crippen LogP) is 2.50. The van der Waals surface area contributed by atoms with Crippen molar-refractivity contribution in [2.45, 2.75) is 52.5 Å². The van der Waals surface area contributed by atoms with Gasteiger partial charge in [-0.15, -0.1) is 5.92 Å². The fourth-order valence-corrected chi connectivity index (χ4v) is 4.15. The van der Waals surface area contributed by atoms with Crippen LogP contribution in [0.15, 0.2) is 0 Å². The molecule has 0 heterocycles. The fraction of sp³-hybridized carbons (Fsp3) is 0.810. The Kier molecular flexibility index (Phi) is 21.3. The van der Waals surface area contributed by atoms with Crippen molar-refractivity contribution < 1.29 is 14.1 Å². The lowest BCUT2D eigenvalue weighted by atomic mass is 10.1. The standard InChI is InChI=1S/C19H36N4O2S2.C2H6/c1-6-7-12-21-18(24)11-15-26-27-16-13-22-19(25)17(20-2)10-8-9-14-23(3,4)5;1-2/h17,20H,8-16H2,1-5H3,(H-,21,22,24,25);1-2H3/p+1. The van der Waals surface area contributed by atoms with Gasteiger partial charge in [0.1, 0.15) is 0 Å². The number of carbonyl (C=O) groups is 2. The van der Waals surface area contributed by atoms with Crippen molar-refractivity contribution in [1.29, 1.82) is 0 Å². The molecule has 1 unspecified atom stereocenters. The van der Waals surface area contributed by atoms with Gasteiger partial charge in [0, 0.05) is 24.5 Å². The first kappa shape index (κ1) is 30.3. The largest absolute Gasteiger partial charge is 0.354 e. The molecule has 170 valence electrons. The Morgan fingerprint density at radius 3 is 2.28 bits per heavy atom. The van der Waals surface area contributed by atoms with Crippen molar-refractivity contribution in [2.75, 3.05) is 59.3 Å². The van der Waals surface area contributed by atoms with Crippen molar-refractivity contribution in [1.82, 2.24) is 16.0 Å². The summed E-state index contributed by atoms with van der Waals surface area (Å²) < 4.78 is 0.958. The van der Waals surface area contributed by atoms with E-state index in [1.807, 2.05) is 20.9 Å². The molecule has 0 saturated carbocycles. The average Bonchev–Trinajstić information content (AvgIpc) is 2.68. The third kappa shape index (κ3) is 21.6. The molecule has 0 aromatic carbocycles. The highest BCUT2D eigenvalue weighted by Gasteiger charge is 2.16. The van der Waals surface area contributed by atoms with Crippen molar-refractivity contribution in [2.24, 2.45) is 0 Å². The van der Waals surface area contributed by atoms with Crippen LogP contribution in [-0.2, 0) is 9.59 Å². The van der Waals surface area contributed by atoms with E-state index >= 15 is 0 Å². The van der Waals surface area contributed by atoms with Crippen molar-refractivity contribution >= 4 is 33.4 Å². The maximum absolute atomic E-state index is 12.2. The molecule has 29 heavy (non-hydrogen) atoms. The second-order valence-electron chi connectivity index (χ2n) is 7.24. The Labute approximate surface area is 187 Å². The number of quaternary nitrogens is 1. The molecule has 0 bridgehead atoms. The van der Waals surface area contributed by atoms with Crippen LogP contribution in [0.2, 0.25) is 0 Å². The van der Waals surface area contributed by atoms with E-state index in [1.165, 1.54) is 0 Å². The Morgan fingerprint density at radius 2 is 1.69 bits per heavy atom. The summed E-state index contributed by atoms with van der Waals surface area (Å²) in [6, 6.07) is -0.120. The first-order valence-corrected chi connectivity index (χ1v) is 12.9. The Bertz CT molecular complexity index is 485. The van der Waals surface area contributed by atoms with Gasteiger partial charge in [-0.05, 0) is 33.2 Å². The van der Waals surface area contributed by atoms with Crippen LogP contribution in [0.4, 0.5) is 0 Å². The van der Waals surface area contributed by atoms with Crippen LogP contribution in [0.25, 0.3) is 0 Å². The summed E-state index contributed by atoms with van der Waals surface area (Å²) >= 11 is 0. The highest BCUT2D eigenvalue weighted by Crippen LogP contribution is 2.20. The lowest BCUT2D eigenvalue weighted by Gasteiger charge is -2.24. The minimum absolute atomic E-state index is 0.0290. The summed E-state index contributed by atoms with van der Waals surface area (Å²) in [7, 11) is 11.7. The third-order valence-electron chi connectivity index (χ3n) is 3.77.